The highest BCUT2D eigenvalue weighted by Crippen LogP contribution is 2.36. The lowest BCUT2D eigenvalue weighted by Crippen LogP contribution is -2.54. The zero-order valence-corrected chi connectivity index (χ0v) is 12.3. The molecule has 1 fully saturated rings. The molecular formula is C13H21NO5. The van der Waals surface area contributed by atoms with E-state index >= 15 is 0 Å². The predicted molar refractivity (Wildman–Crippen MR) is 67.3 cm³/mol. The van der Waals surface area contributed by atoms with E-state index in [1.807, 2.05) is 0 Å². The van der Waals surface area contributed by atoms with Crippen molar-refractivity contribution in [3.8, 4) is 0 Å². The van der Waals surface area contributed by atoms with Gasteiger partial charge < -0.3 is 9.47 Å². The summed E-state index contributed by atoms with van der Waals surface area (Å²) in [5, 5.41) is 0. The van der Waals surface area contributed by atoms with Crippen LogP contribution in [0, 0.1) is 5.92 Å². The number of hydrogen-bond acceptors (Lipinski definition) is 5. The minimum absolute atomic E-state index is 0.234. The van der Waals surface area contributed by atoms with Gasteiger partial charge in [0.15, 0.2) is 0 Å². The third-order valence-corrected chi connectivity index (χ3v) is 3.04. The Labute approximate surface area is 113 Å². The number of rotatable bonds is 1. The van der Waals surface area contributed by atoms with E-state index in [0.29, 0.717) is 0 Å². The van der Waals surface area contributed by atoms with Gasteiger partial charge in [0.1, 0.15) is 11.1 Å². The average molecular weight is 271 g/mol. The van der Waals surface area contributed by atoms with Crippen LogP contribution in [0.15, 0.2) is 0 Å². The number of ether oxygens (including phenoxy) is 2. The minimum Gasteiger partial charge on any atom is -0.467 e. The second-order valence-electron chi connectivity index (χ2n) is 6.02. The van der Waals surface area contributed by atoms with Crippen LogP contribution in [0.5, 0.6) is 0 Å². The van der Waals surface area contributed by atoms with Gasteiger partial charge in [-0.25, -0.2) is 14.5 Å². The number of amides is 2. The van der Waals surface area contributed by atoms with Crippen LogP contribution in [-0.2, 0) is 19.1 Å². The van der Waals surface area contributed by atoms with E-state index in [0.717, 1.165) is 4.90 Å². The number of nitrogens with zero attached hydrogens (tertiary/aromatic N) is 1. The molecule has 0 aromatic carbocycles. The Morgan fingerprint density at radius 1 is 1.37 bits per heavy atom. The molecule has 108 valence electrons. The fourth-order valence-electron chi connectivity index (χ4n) is 2.23. The first-order valence-electron chi connectivity index (χ1n) is 6.18. The van der Waals surface area contributed by atoms with E-state index in [2.05, 4.69) is 0 Å². The molecule has 19 heavy (non-hydrogen) atoms. The maximum Gasteiger partial charge on any atom is 0.418 e. The summed E-state index contributed by atoms with van der Waals surface area (Å²) in [5.41, 5.74) is -2.03. The van der Waals surface area contributed by atoms with Crippen LogP contribution >= 0.6 is 0 Å². The highest BCUT2D eigenvalue weighted by Gasteiger charge is 2.56. The summed E-state index contributed by atoms with van der Waals surface area (Å²) >= 11 is 0. The van der Waals surface area contributed by atoms with E-state index in [4.69, 9.17) is 9.47 Å². The molecule has 2 amide bonds. The predicted octanol–water partition coefficient (Wildman–Crippen LogP) is 1.72. The molecule has 1 aliphatic rings. The van der Waals surface area contributed by atoms with E-state index in [1.165, 1.54) is 14.0 Å². The summed E-state index contributed by atoms with van der Waals surface area (Å²) in [6.45, 7) is 8.29. The van der Waals surface area contributed by atoms with Crippen molar-refractivity contribution in [2.24, 2.45) is 5.92 Å². The molecule has 0 aromatic heterocycles. The first-order chi connectivity index (χ1) is 8.53. The molecule has 0 saturated carbocycles. The average Bonchev–Trinajstić information content (AvgIpc) is 2.47. The van der Waals surface area contributed by atoms with Crippen molar-refractivity contribution in [2.75, 3.05) is 7.11 Å². The highest BCUT2D eigenvalue weighted by atomic mass is 16.6. The molecule has 6 nitrogen and oxygen atoms in total. The second kappa shape index (κ2) is 4.83. The summed E-state index contributed by atoms with van der Waals surface area (Å²) in [4.78, 5) is 37.0. The molecule has 0 aromatic rings. The van der Waals surface area contributed by atoms with Gasteiger partial charge in [-0.1, -0.05) is 6.92 Å². The Balaban J connectivity index is 3.09. The summed E-state index contributed by atoms with van der Waals surface area (Å²) < 4.78 is 9.89. The Hall–Kier alpha value is -1.59. The smallest absolute Gasteiger partial charge is 0.418 e. The van der Waals surface area contributed by atoms with Gasteiger partial charge in [-0.15, -0.1) is 0 Å². The lowest BCUT2D eigenvalue weighted by Gasteiger charge is -2.32. The van der Waals surface area contributed by atoms with Crippen molar-refractivity contribution < 1.29 is 23.9 Å². The van der Waals surface area contributed by atoms with Crippen LogP contribution in [0.25, 0.3) is 0 Å². The number of imide groups is 1. The first kappa shape index (κ1) is 15.5. The van der Waals surface area contributed by atoms with Crippen LogP contribution in [0.3, 0.4) is 0 Å². The standard InChI is InChI=1S/C13H21NO5/c1-8-7-13(5,10(16)18-6)14(9(8)15)11(17)19-12(2,3)4/h8H,7H2,1-6H3. The zero-order chi connectivity index (χ0) is 15.0. The van der Waals surface area contributed by atoms with Crippen molar-refractivity contribution in [3.63, 3.8) is 0 Å². The lowest BCUT2D eigenvalue weighted by molar-refractivity contribution is -0.155. The first-order valence-corrected chi connectivity index (χ1v) is 6.18. The molecule has 0 radical (unpaired) electrons. The molecule has 1 heterocycles. The maximum absolute atomic E-state index is 12.1. The van der Waals surface area contributed by atoms with Crippen LogP contribution < -0.4 is 0 Å². The molecule has 2 atom stereocenters. The molecule has 0 aliphatic carbocycles. The Kier molecular flexibility index (Phi) is 3.93. The molecule has 1 rings (SSSR count). The van der Waals surface area contributed by atoms with Gasteiger partial charge >= 0.3 is 12.1 Å². The van der Waals surface area contributed by atoms with Gasteiger partial charge in [-0.2, -0.15) is 0 Å². The number of likely N-dealkylation sites (tertiary alicyclic amines) is 1. The van der Waals surface area contributed by atoms with Gasteiger partial charge in [-0.05, 0) is 34.1 Å². The van der Waals surface area contributed by atoms with Gasteiger partial charge in [0.25, 0.3) is 0 Å². The molecule has 6 heteroatoms. The van der Waals surface area contributed by atoms with Crippen molar-refractivity contribution >= 4 is 18.0 Å². The summed E-state index contributed by atoms with van der Waals surface area (Å²) in [5.74, 6) is -1.45. The third kappa shape index (κ3) is 2.88. The topological polar surface area (TPSA) is 72.9 Å². The summed E-state index contributed by atoms with van der Waals surface area (Å²) in [7, 11) is 1.23. The Bertz CT molecular complexity index is 412. The van der Waals surface area contributed by atoms with Crippen LogP contribution in [0.2, 0.25) is 0 Å². The van der Waals surface area contributed by atoms with Gasteiger partial charge in [0.05, 0.1) is 7.11 Å². The fourth-order valence-corrected chi connectivity index (χ4v) is 2.23. The summed E-state index contributed by atoms with van der Waals surface area (Å²) in [6, 6.07) is 0. The molecule has 2 unspecified atom stereocenters. The van der Waals surface area contributed by atoms with E-state index < -0.39 is 35.0 Å². The molecular weight excluding hydrogens is 250 g/mol. The zero-order valence-electron chi connectivity index (χ0n) is 12.3. The fraction of sp³-hybridized carbons (Fsp3) is 0.769. The molecule has 0 bridgehead atoms. The molecule has 1 aliphatic heterocycles. The number of hydrogen-bond donors (Lipinski definition) is 0. The normalized spacial score (nSPS) is 27.4. The van der Waals surface area contributed by atoms with Gasteiger partial charge in [-0.3, -0.25) is 4.79 Å². The van der Waals surface area contributed by atoms with E-state index in [9.17, 15) is 14.4 Å². The quantitative estimate of drug-likeness (QED) is 0.679. The van der Waals surface area contributed by atoms with Gasteiger partial charge in [0, 0.05) is 5.92 Å². The van der Waals surface area contributed by atoms with Crippen molar-refractivity contribution in [1.82, 2.24) is 4.90 Å². The number of carbonyl (C=O) groups is 3. The Morgan fingerprint density at radius 3 is 2.32 bits per heavy atom. The summed E-state index contributed by atoms with van der Waals surface area (Å²) in [6.07, 6.45) is -0.577. The minimum atomic E-state index is -1.30. The monoisotopic (exact) mass is 271 g/mol. The van der Waals surface area contributed by atoms with Crippen molar-refractivity contribution in [1.29, 1.82) is 0 Å². The SMILES string of the molecule is COC(=O)C1(C)CC(C)C(=O)N1C(=O)OC(C)(C)C. The Morgan fingerprint density at radius 2 is 1.89 bits per heavy atom. The second-order valence-corrected chi connectivity index (χ2v) is 6.02. The van der Waals surface area contributed by atoms with Crippen LogP contribution in [0.4, 0.5) is 4.79 Å². The largest absolute Gasteiger partial charge is 0.467 e. The van der Waals surface area contributed by atoms with Crippen molar-refractivity contribution in [2.45, 2.75) is 52.2 Å². The molecule has 0 N–H and O–H groups in total. The number of esters is 1. The third-order valence-electron chi connectivity index (χ3n) is 3.04. The van der Waals surface area contributed by atoms with Crippen LogP contribution in [0.1, 0.15) is 41.0 Å². The lowest BCUT2D eigenvalue weighted by atomic mass is 9.95. The van der Waals surface area contributed by atoms with Crippen LogP contribution in [-0.4, -0.2) is 41.1 Å². The highest BCUT2D eigenvalue weighted by molar-refractivity contribution is 6.02. The number of carbonyl (C=O) groups excluding carboxylic acids is 3. The number of methoxy groups -OCH3 is 1. The molecule has 1 saturated heterocycles. The van der Waals surface area contributed by atoms with Crippen molar-refractivity contribution in [3.05, 3.63) is 0 Å². The van der Waals surface area contributed by atoms with E-state index in [-0.39, 0.29) is 6.42 Å². The van der Waals surface area contributed by atoms with E-state index in [1.54, 1.807) is 27.7 Å². The van der Waals surface area contributed by atoms with Gasteiger partial charge in [0.2, 0.25) is 5.91 Å². The maximum atomic E-state index is 12.1. The molecule has 0 spiro atoms.